The average Bonchev–Trinajstić information content (AvgIpc) is 3.90. The molecular formula is C40H44N10O9. The van der Waals surface area contributed by atoms with Crippen LogP contribution in [-0.4, -0.2) is 93.7 Å². The summed E-state index contributed by atoms with van der Waals surface area (Å²) in [5, 5.41) is 50.5. The van der Waals surface area contributed by atoms with E-state index in [0.29, 0.717) is 23.6 Å². The molecule has 0 bridgehead atoms. The Morgan fingerprint density at radius 3 is 2.19 bits per heavy atom. The summed E-state index contributed by atoms with van der Waals surface area (Å²) in [5.41, 5.74) is 5.52. The van der Waals surface area contributed by atoms with Crippen LogP contribution in [0.25, 0.3) is 22.5 Å². The number of hydrogen-bond acceptors (Lipinski definition) is 11. The largest absolute Gasteiger partial charge is 0.480 e. The number of unbranched alkanes of at least 4 members (excludes halogenated alkanes) is 1. The maximum atomic E-state index is 12.9. The highest BCUT2D eigenvalue weighted by atomic mass is 16.5. The summed E-state index contributed by atoms with van der Waals surface area (Å²) in [6.45, 7) is 1.82. The molecule has 2 unspecified atom stereocenters. The third-order valence-corrected chi connectivity index (χ3v) is 9.37. The van der Waals surface area contributed by atoms with Crippen LogP contribution in [0.2, 0.25) is 0 Å². The lowest BCUT2D eigenvalue weighted by Crippen LogP contribution is -2.49. The summed E-state index contributed by atoms with van der Waals surface area (Å²) in [6.07, 6.45) is 1.02. The molecule has 0 aliphatic rings. The second-order valence-corrected chi connectivity index (χ2v) is 13.5. The fourth-order valence-corrected chi connectivity index (χ4v) is 6.35. The summed E-state index contributed by atoms with van der Waals surface area (Å²) in [7, 11) is 0. The zero-order valence-corrected chi connectivity index (χ0v) is 32.1. The Labute approximate surface area is 337 Å². The van der Waals surface area contributed by atoms with Crippen molar-refractivity contribution >= 4 is 35.6 Å². The number of carbonyl (C=O) groups is 6. The summed E-state index contributed by atoms with van der Waals surface area (Å²) in [4.78, 5) is 79.7. The minimum Gasteiger partial charge on any atom is -0.480 e. The molecule has 5 aromatic rings. The topological polar surface area (TPSA) is 284 Å². The predicted octanol–water partition coefficient (Wildman–Crippen LogP) is 2.27. The monoisotopic (exact) mass is 808 g/mol. The number of tetrazole rings is 1. The number of aliphatic carboxylic acids is 1. The van der Waals surface area contributed by atoms with Crippen LogP contribution >= 0.6 is 0 Å². The number of aryl methyl sites for hydroxylation is 1. The minimum atomic E-state index is -1.72. The molecule has 8 N–H and O–H groups in total. The zero-order chi connectivity index (χ0) is 42.3. The van der Waals surface area contributed by atoms with Gasteiger partial charge in [-0.05, 0) is 45.5 Å². The molecule has 0 saturated heterocycles. The zero-order valence-electron chi connectivity index (χ0n) is 32.1. The van der Waals surface area contributed by atoms with Crippen LogP contribution in [0.15, 0.2) is 78.9 Å². The number of nitrogens with one attached hydrogen (secondary N) is 5. The number of aromatic amines is 1. The van der Waals surface area contributed by atoms with E-state index in [-0.39, 0.29) is 43.9 Å². The predicted molar refractivity (Wildman–Crippen MR) is 209 cm³/mol. The van der Waals surface area contributed by atoms with Crippen molar-refractivity contribution in [2.75, 3.05) is 6.54 Å². The van der Waals surface area contributed by atoms with Crippen molar-refractivity contribution in [3.05, 3.63) is 107 Å². The molecule has 4 amide bonds. The summed E-state index contributed by atoms with van der Waals surface area (Å²) in [5.74, 6) is -6.58. The molecule has 0 radical (unpaired) electrons. The molecule has 0 aliphatic carbocycles. The van der Waals surface area contributed by atoms with E-state index in [9.17, 15) is 39.0 Å². The van der Waals surface area contributed by atoms with E-state index in [1.807, 2.05) is 55.5 Å². The van der Waals surface area contributed by atoms with Gasteiger partial charge in [0, 0.05) is 31.5 Å². The molecule has 0 aliphatic heterocycles. The molecule has 19 nitrogen and oxygen atoms in total. The molecular weight excluding hydrogens is 765 g/mol. The molecule has 2 heterocycles. The third kappa shape index (κ3) is 11.6. The van der Waals surface area contributed by atoms with Crippen molar-refractivity contribution in [2.24, 2.45) is 5.92 Å². The number of carbonyl (C=O) groups excluding carboxylic acids is 4. The molecule has 59 heavy (non-hydrogen) atoms. The number of hydroxylamine groups is 1. The first-order valence-electron chi connectivity index (χ1n) is 18.8. The number of aromatic nitrogens is 6. The van der Waals surface area contributed by atoms with Gasteiger partial charge in [0.15, 0.2) is 11.5 Å². The molecule has 0 fully saturated rings. The summed E-state index contributed by atoms with van der Waals surface area (Å²) < 4.78 is 1.64. The summed E-state index contributed by atoms with van der Waals surface area (Å²) >= 11 is 0. The second-order valence-electron chi connectivity index (χ2n) is 13.5. The van der Waals surface area contributed by atoms with Crippen molar-refractivity contribution in [1.82, 2.24) is 51.6 Å². The highest BCUT2D eigenvalue weighted by molar-refractivity contribution is 6.01. The molecule has 2 atom stereocenters. The SMILES string of the molecule is CCCCc1nc(CNC(=O)CCNC(=O)CC(NC(=O)C(Cc2ccccc2)C(=O)NO)C(=O)O)c(C(=O)O)n1Cc1ccc(-c2ccccc2-c2nnn[nH]2)cc1. The van der Waals surface area contributed by atoms with Gasteiger partial charge in [-0.1, -0.05) is 92.2 Å². The Hall–Kier alpha value is -7.28. The Bertz CT molecular complexity index is 2240. The van der Waals surface area contributed by atoms with Crippen molar-refractivity contribution in [3.63, 3.8) is 0 Å². The van der Waals surface area contributed by atoms with Gasteiger partial charge in [-0.2, -0.15) is 0 Å². The van der Waals surface area contributed by atoms with Gasteiger partial charge >= 0.3 is 11.9 Å². The molecule has 308 valence electrons. The Kier molecular flexibility index (Phi) is 15.1. The van der Waals surface area contributed by atoms with Gasteiger partial charge in [-0.15, -0.1) is 5.10 Å². The molecule has 5 rings (SSSR count). The number of rotatable bonds is 21. The van der Waals surface area contributed by atoms with Crippen LogP contribution in [0.5, 0.6) is 0 Å². The second kappa shape index (κ2) is 20.8. The van der Waals surface area contributed by atoms with Crippen molar-refractivity contribution in [2.45, 2.75) is 64.6 Å². The highest BCUT2D eigenvalue weighted by Crippen LogP contribution is 2.30. The van der Waals surface area contributed by atoms with Gasteiger partial charge < -0.3 is 30.7 Å². The Morgan fingerprint density at radius 2 is 1.54 bits per heavy atom. The van der Waals surface area contributed by atoms with E-state index in [1.54, 1.807) is 34.9 Å². The number of benzene rings is 3. The van der Waals surface area contributed by atoms with Crippen molar-refractivity contribution < 1.29 is 44.2 Å². The average molecular weight is 809 g/mol. The quantitative estimate of drug-likeness (QED) is 0.0300. The van der Waals surface area contributed by atoms with Gasteiger partial charge in [0.05, 0.1) is 18.7 Å². The third-order valence-electron chi connectivity index (χ3n) is 9.37. The number of carboxylic acid groups (broad SMARTS) is 2. The highest BCUT2D eigenvalue weighted by Gasteiger charge is 2.32. The first-order valence-corrected chi connectivity index (χ1v) is 18.8. The Balaban J connectivity index is 1.18. The first-order chi connectivity index (χ1) is 28.5. The van der Waals surface area contributed by atoms with Crippen molar-refractivity contribution in [3.8, 4) is 22.5 Å². The van der Waals surface area contributed by atoms with Crippen LogP contribution < -0.4 is 21.4 Å². The summed E-state index contributed by atoms with van der Waals surface area (Å²) in [6, 6.07) is 22.0. The lowest BCUT2D eigenvalue weighted by atomic mass is 9.97. The van der Waals surface area contributed by atoms with Gasteiger partial charge in [-0.25, -0.2) is 25.2 Å². The fourth-order valence-electron chi connectivity index (χ4n) is 6.35. The molecule has 0 spiro atoms. The van der Waals surface area contributed by atoms with Gasteiger partial charge in [0.2, 0.25) is 17.7 Å². The van der Waals surface area contributed by atoms with E-state index >= 15 is 0 Å². The lowest BCUT2D eigenvalue weighted by Gasteiger charge is -2.19. The fraction of sp³-hybridized carbons (Fsp3) is 0.300. The number of hydrogen-bond donors (Lipinski definition) is 8. The van der Waals surface area contributed by atoms with E-state index < -0.39 is 53.9 Å². The molecule has 0 saturated carbocycles. The first kappa shape index (κ1) is 42.9. The smallest absolute Gasteiger partial charge is 0.354 e. The molecule has 3 aromatic carbocycles. The van der Waals surface area contributed by atoms with Crippen molar-refractivity contribution in [1.29, 1.82) is 0 Å². The van der Waals surface area contributed by atoms with Gasteiger partial charge in [0.1, 0.15) is 17.8 Å². The van der Waals surface area contributed by atoms with E-state index in [1.165, 1.54) is 5.48 Å². The standard InChI is InChI=1S/C40H44N10O9/c1-2-3-13-32-43-31(35(40(57)58)50(32)23-25-14-16-26(17-15-25)27-11-7-8-12-28(27)36-45-48-49-46-36)22-42-33(51)18-19-41-34(52)21-30(39(55)56)44-37(53)29(38(54)47-59)20-24-9-5-4-6-10-24/h4-12,14-17,29-30,59H,2-3,13,18-23H2,1H3,(H,41,52)(H,42,51)(H,44,53)(H,47,54)(H,55,56)(H,57,58)(H,45,46,48,49). The van der Waals surface area contributed by atoms with E-state index in [0.717, 1.165) is 35.1 Å². The van der Waals surface area contributed by atoms with E-state index in [2.05, 4.69) is 41.6 Å². The molecule has 2 aromatic heterocycles. The maximum absolute atomic E-state index is 12.9. The maximum Gasteiger partial charge on any atom is 0.354 e. The number of carboxylic acids is 2. The van der Waals surface area contributed by atoms with Crippen LogP contribution in [0.3, 0.4) is 0 Å². The number of imidazole rings is 1. The van der Waals surface area contributed by atoms with Gasteiger partial charge in [0.25, 0.3) is 5.91 Å². The van der Waals surface area contributed by atoms with Gasteiger partial charge in [-0.3, -0.25) is 24.4 Å². The van der Waals surface area contributed by atoms with Crippen LogP contribution in [0.1, 0.15) is 65.7 Å². The normalized spacial score (nSPS) is 11.9. The van der Waals surface area contributed by atoms with E-state index in [4.69, 9.17) is 5.21 Å². The number of aromatic carboxylic acids is 1. The minimum absolute atomic E-state index is 0.0683. The number of nitrogens with zero attached hydrogens (tertiary/aromatic N) is 5. The Morgan fingerprint density at radius 1 is 0.831 bits per heavy atom. The lowest BCUT2D eigenvalue weighted by molar-refractivity contribution is -0.146. The number of amides is 4. The number of H-pyrrole nitrogens is 1. The van der Waals surface area contributed by atoms with Crippen LogP contribution in [0.4, 0.5) is 0 Å². The molecule has 19 heteroatoms. The van der Waals surface area contributed by atoms with Crippen LogP contribution in [0, 0.1) is 5.92 Å². The van der Waals surface area contributed by atoms with Crippen LogP contribution in [-0.2, 0) is 49.9 Å².